The number of carbonyl (C=O) groups is 1. The first-order valence-corrected chi connectivity index (χ1v) is 19.9. The molecule has 1 aliphatic heterocycles. The maximum atomic E-state index is 14.3. The van der Waals surface area contributed by atoms with E-state index < -0.39 is 46.8 Å². The summed E-state index contributed by atoms with van der Waals surface area (Å²) >= 11 is 1.45. The molecule has 0 radical (unpaired) electrons. The molecule has 1 fully saturated rings. The predicted molar refractivity (Wildman–Crippen MR) is 216 cm³/mol. The summed E-state index contributed by atoms with van der Waals surface area (Å²) in [5, 5.41) is 12.4. The van der Waals surface area contributed by atoms with Crippen LogP contribution >= 0.6 is 11.8 Å². The highest BCUT2D eigenvalue weighted by atomic mass is 32.2. The minimum atomic E-state index is -2.34. The molecule has 2 heterocycles. The zero-order valence-electron chi connectivity index (χ0n) is 31.6. The first-order chi connectivity index (χ1) is 29.2. The third-order valence-corrected chi connectivity index (χ3v) is 11.0. The zero-order valence-corrected chi connectivity index (χ0v) is 32.4. The molecular weight excluding hydrogens is 800 g/mol. The SMILES string of the molecule is O=C(NCc1cccc(-c2cccc([C@@H]3O[C@H](CSc4nc(-c5ccccc5)c(-c5ccccc5)o4)C[C@H](c4ccc(CO)cc4)O3)c2)c1)c1c(F)c(F)c(F)c(F)c1F. The van der Waals surface area contributed by atoms with Crippen LogP contribution < -0.4 is 5.32 Å². The highest BCUT2D eigenvalue weighted by molar-refractivity contribution is 7.99. The van der Waals surface area contributed by atoms with E-state index in [0.29, 0.717) is 34.3 Å². The Balaban J connectivity index is 1.02. The van der Waals surface area contributed by atoms with Gasteiger partial charge >= 0.3 is 0 Å². The smallest absolute Gasteiger partial charge is 0.257 e. The van der Waals surface area contributed by atoms with Crippen molar-refractivity contribution in [3.63, 3.8) is 0 Å². The van der Waals surface area contributed by atoms with Crippen molar-refractivity contribution in [3.05, 3.63) is 190 Å². The number of aliphatic hydroxyl groups excluding tert-OH is 1. The van der Waals surface area contributed by atoms with Gasteiger partial charge in [0.15, 0.2) is 35.3 Å². The van der Waals surface area contributed by atoms with Gasteiger partial charge in [-0.15, -0.1) is 0 Å². The lowest BCUT2D eigenvalue weighted by molar-refractivity contribution is -0.245. The number of benzene rings is 6. The molecule has 1 aliphatic rings. The van der Waals surface area contributed by atoms with Crippen molar-refractivity contribution in [2.24, 2.45) is 0 Å². The summed E-state index contributed by atoms with van der Waals surface area (Å²) in [6, 6.07) is 41.7. The number of oxazole rings is 1. The maximum absolute atomic E-state index is 14.3. The van der Waals surface area contributed by atoms with E-state index in [2.05, 4.69) is 5.32 Å². The molecule has 7 aromatic rings. The summed E-state index contributed by atoms with van der Waals surface area (Å²) in [6.45, 7) is -0.352. The molecule has 60 heavy (non-hydrogen) atoms. The van der Waals surface area contributed by atoms with Gasteiger partial charge in [-0.2, -0.15) is 0 Å². The third kappa shape index (κ3) is 8.75. The van der Waals surface area contributed by atoms with Gasteiger partial charge in [-0.25, -0.2) is 26.9 Å². The molecule has 1 saturated heterocycles. The average Bonchev–Trinajstić information content (AvgIpc) is 3.74. The van der Waals surface area contributed by atoms with E-state index in [1.807, 2.05) is 115 Å². The maximum Gasteiger partial charge on any atom is 0.257 e. The van der Waals surface area contributed by atoms with Crippen LogP contribution in [0.3, 0.4) is 0 Å². The van der Waals surface area contributed by atoms with Gasteiger partial charge in [-0.1, -0.05) is 133 Å². The van der Waals surface area contributed by atoms with Crippen molar-refractivity contribution >= 4 is 17.7 Å². The number of nitrogens with one attached hydrogen (secondary N) is 1. The van der Waals surface area contributed by atoms with Crippen molar-refractivity contribution < 1.29 is 45.7 Å². The molecule has 2 N–H and O–H groups in total. The molecule has 0 saturated carbocycles. The fraction of sp³-hybridized carbons (Fsp3) is 0.149. The molecule has 6 aromatic carbocycles. The van der Waals surface area contributed by atoms with Crippen LogP contribution in [0.2, 0.25) is 0 Å². The second kappa shape index (κ2) is 18.0. The van der Waals surface area contributed by atoms with Crippen molar-refractivity contribution in [1.82, 2.24) is 10.3 Å². The number of rotatable bonds is 12. The lowest BCUT2D eigenvalue weighted by atomic mass is 9.99. The molecule has 8 rings (SSSR count). The Kier molecular flexibility index (Phi) is 12.2. The molecule has 304 valence electrons. The van der Waals surface area contributed by atoms with Gasteiger partial charge in [0.1, 0.15) is 11.3 Å². The number of ether oxygens (including phenoxy) is 2. The monoisotopic (exact) mass is 834 g/mol. The highest BCUT2D eigenvalue weighted by Gasteiger charge is 2.33. The molecule has 1 amide bonds. The Bertz CT molecular complexity index is 2540. The minimum absolute atomic E-state index is 0.0887. The Morgan fingerprint density at radius 1 is 0.667 bits per heavy atom. The fourth-order valence-electron chi connectivity index (χ4n) is 6.93. The summed E-state index contributed by atoms with van der Waals surface area (Å²) in [6.07, 6.45) is -0.936. The van der Waals surface area contributed by atoms with Gasteiger partial charge in [0, 0.05) is 35.4 Å². The normalized spacial score (nSPS) is 16.5. The Morgan fingerprint density at radius 2 is 1.28 bits per heavy atom. The average molecular weight is 835 g/mol. The van der Waals surface area contributed by atoms with Crippen LogP contribution in [0.5, 0.6) is 0 Å². The van der Waals surface area contributed by atoms with Gasteiger partial charge < -0.3 is 24.3 Å². The minimum Gasteiger partial charge on any atom is -0.431 e. The number of hydrogen-bond acceptors (Lipinski definition) is 7. The standard InChI is InChI=1S/C47H35F5N2O5S/c48-38-37(39(49)41(51)42(52)40(38)50)45(56)53-24-28-9-7-14-32(21-28)33-15-8-16-34(22-33)46-57-35(23-36(58-46)29-19-17-27(25-55)18-20-29)26-60-47-54-43(30-10-3-1-4-11-30)44(59-47)31-12-5-2-6-13-31/h1-22,35-36,46,55H,23-26H2,(H,53,56)/t35-,36+,46+/m0/s1. The summed E-state index contributed by atoms with van der Waals surface area (Å²) in [5.74, 6) is -11.5. The summed E-state index contributed by atoms with van der Waals surface area (Å²) < 4.78 is 89.2. The summed E-state index contributed by atoms with van der Waals surface area (Å²) in [4.78, 5) is 17.5. The van der Waals surface area contributed by atoms with Gasteiger partial charge in [-0.3, -0.25) is 4.79 Å². The quantitative estimate of drug-likeness (QED) is 0.0548. The van der Waals surface area contributed by atoms with Crippen LogP contribution in [-0.4, -0.2) is 27.9 Å². The topological polar surface area (TPSA) is 93.8 Å². The largest absolute Gasteiger partial charge is 0.431 e. The number of amides is 1. The molecule has 1 aromatic heterocycles. The van der Waals surface area contributed by atoms with Crippen molar-refractivity contribution in [2.45, 2.75) is 43.3 Å². The lowest BCUT2D eigenvalue weighted by Crippen LogP contribution is -2.31. The fourth-order valence-corrected chi connectivity index (χ4v) is 7.77. The lowest BCUT2D eigenvalue weighted by Gasteiger charge is -2.36. The molecule has 0 bridgehead atoms. The molecule has 0 spiro atoms. The number of aromatic nitrogens is 1. The van der Waals surface area contributed by atoms with E-state index in [-0.39, 0.29) is 25.4 Å². The number of halogens is 5. The van der Waals surface area contributed by atoms with Crippen LogP contribution in [0, 0.1) is 29.1 Å². The summed E-state index contributed by atoms with van der Waals surface area (Å²) in [5.41, 5.74) is 5.40. The summed E-state index contributed by atoms with van der Waals surface area (Å²) in [7, 11) is 0. The van der Waals surface area contributed by atoms with Crippen molar-refractivity contribution in [1.29, 1.82) is 0 Å². The highest BCUT2D eigenvalue weighted by Crippen LogP contribution is 2.42. The Morgan fingerprint density at radius 3 is 1.97 bits per heavy atom. The van der Waals surface area contributed by atoms with Crippen molar-refractivity contribution in [2.75, 3.05) is 5.75 Å². The van der Waals surface area contributed by atoms with Crippen LogP contribution in [-0.2, 0) is 22.6 Å². The second-order valence-corrected chi connectivity index (χ2v) is 15.0. The van der Waals surface area contributed by atoms with Gasteiger partial charge in [0.25, 0.3) is 11.1 Å². The molecule has 3 atom stereocenters. The van der Waals surface area contributed by atoms with Crippen LogP contribution in [0.4, 0.5) is 22.0 Å². The number of nitrogens with zero attached hydrogens (tertiary/aromatic N) is 1. The van der Waals surface area contributed by atoms with E-state index in [0.717, 1.165) is 39.1 Å². The van der Waals surface area contributed by atoms with E-state index in [1.165, 1.54) is 11.8 Å². The van der Waals surface area contributed by atoms with Gasteiger partial charge in [0.05, 0.1) is 18.8 Å². The van der Waals surface area contributed by atoms with Crippen LogP contribution in [0.25, 0.3) is 33.7 Å². The third-order valence-electron chi connectivity index (χ3n) is 10.0. The first kappa shape index (κ1) is 40.7. The zero-order chi connectivity index (χ0) is 41.8. The van der Waals surface area contributed by atoms with E-state index >= 15 is 0 Å². The van der Waals surface area contributed by atoms with E-state index in [9.17, 15) is 31.9 Å². The predicted octanol–water partition coefficient (Wildman–Crippen LogP) is 11.1. The second-order valence-electron chi connectivity index (χ2n) is 14.0. The van der Waals surface area contributed by atoms with Crippen molar-refractivity contribution in [3.8, 4) is 33.7 Å². The molecule has 13 heteroatoms. The van der Waals surface area contributed by atoms with E-state index in [1.54, 1.807) is 18.2 Å². The molecule has 7 nitrogen and oxygen atoms in total. The van der Waals surface area contributed by atoms with Gasteiger partial charge in [-0.05, 0) is 39.9 Å². The Labute approximate surface area is 345 Å². The number of thioether (sulfide) groups is 1. The number of carbonyl (C=O) groups excluding carboxylic acids is 1. The van der Waals surface area contributed by atoms with Crippen LogP contribution in [0.1, 0.15) is 51.4 Å². The van der Waals surface area contributed by atoms with Gasteiger partial charge in [0.2, 0.25) is 5.82 Å². The van der Waals surface area contributed by atoms with Crippen LogP contribution in [0.15, 0.2) is 143 Å². The molecular formula is C47H35F5N2O5S. The van der Waals surface area contributed by atoms with E-state index in [4.69, 9.17) is 18.9 Å². The number of aliphatic hydroxyl groups is 1. The Hall–Kier alpha value is -6.12. The first-order valence-electron chi connectivity index (χ1n) is 18.9. The molecule has 0 aliphatic carbocycles. The molecule has 0 unspecified atom stereocenters. The number of hydrogen-bond donors (Lipinski definition) is 2.